The van der Waals surface area contributed by atoms with Gasteiger partial charge in [-0.1, -0.05) is 0 Å². The Morgan fingerprint density at radius 1 is 1.39 bits per heavy atom. The van der Waals surface area contributed by atoms with E-state index < -0.39 is 16.5 Å². The predicted molar refractivity (Wildman–Crippen MR) is 77.2 cm³/mol. The van der Waals surface area contributed by atoms with Crippen molar-refractivity contribution in [2.24, 2.45) is 0 Å². The fourth-order valence-corrected chi connectivity index (χ4v) is 2.10. The number of carbonyl (C=O) groups excluding carboxylic acids is 1. The van der Waals surface area contributed by atoms with Crippen LogP contribution in [0.25, 0.3) is 0 Å². The SMILES string of the molecule is COc1n[nH]c(C(=O)Nc2ccc3c(c2)OCCO3)c1[N+](=O)[O-]. The summed E-state index contributed by atoms with van der Waals surface area (Å²) in [6, 6.07) is 4.82. The van der Waals surface area contributed by atoms with Crippen LogP contribution >= 0.6 is 0 Å². The van der Waals surface area contributed by atoms with Gasteiger partial charge in [-0.2, -0.15) is 0 Å². The Labute approximate surface area is 129 Å². The van der Waals surface area contributed by atoms with Gasteiger partial charge in [0.05, 0.1) is 12.0 Å². The van der Waals surface area contributed by atoms with E-state index in [9.17, 15) is 14.9 Å². The average Bonchev–Trinajstić information content (AvgIpc) is 2.99. The lowest BCUT2D eigenvalue weighted by Gasteiger charge is -2.18. The maximum atomic E-state index is 12.2. The third-order valence-corrected chi connectivity index (χ3v) is 3.11. The summed E-state index contributed by atoms with van der Waals surface area (Å²) in [5.74, 6) is 0.0840. The molecule has 10 nitrogen and oxygen atoms in total. The van der Waals surface area contributed by atoms with Crippen molar-refractivity contribution >= 4 is 17.3 Å². The molecule has 0 saturated heterocycles. The number of H-pyrrole nitrogens is 1. The van der Waals surface area contributed by atoms with Crippen LogP contribution in [0.4, 0.5) is 11.4 Å². The highest BCUT2D eigenvalue weighted by Crippen LogP contribution is 2.33. The first-order chi connectivity index (χ1) is 11.1. The fourth-order valence-electron chi connectivity index (χ4n) is 2.10. The number of aromatic amines is 1. The van der Waals surface area contributed by atoms with Crippen molar-refractivity contribution in [2.75, 3.05) is 25.6 Å². The van der Waals surface area contributed by atoms with Gasteiger partial charge in [-0.15, -0.1) is 5.10 Å². The van der Waals surface area contributed by atoms with Crippen molar-refractivity contribution in [3.63, 3.8) is 0 Å². The monoisotopic (exact) mass is 320 g/mol. The summed E-state index contributed by atoms with van der Waals surface area (Å²) in [7, 11) is 1.23. The summed E-state index contributed by atoms with van der Waals surface area (Å²) in [5.41, 5.74) is -0.425. The Kier molecular flexibility index (Phi) is 3.71. The van der Waals surface area contributed by atoms with Crippen LogP contribution in [0.15, 0.2) is 18.2 Å². The number of ether oxygens (including phenoxy) is 3. The lowest BCUT2D eigenvalue weighted by Crippen LogP contribution is -2.17. The topological polar surface area (TPSA) is 129 Å². The van der Waals surface area contributed by atoms with E-state index in [4.69, 9.17) is 14.2 Å². The van der Waals surface area contributed by atoms with Crippen molar-refractivity contribution in [1.29, 1.82) is 0 Å². The molecule has 1 aromatic carbocycles. The van der Waals surface area contributed by atoms with Gasteiger partial charge in [0.25, 0.3) is 5.91 Å². The van der Waals surface area contributed by atoms with Crippen LogP contribution in [0.2, 0.25) is 0 Å². The molecule has 1 aromatic heterocycles. The van der Waals surface area contributed by atoms with Gasteiger partial charge < -0.3 is 19.5 Å². The predicted octanol–water partition coefficient (Wildman–Crippen LogP) is 1.35. The number of carbonyl (C=O) groups is 1. The summed E-state index contributed by atoms with van der Waals surface area (Å²) in [6.07, 6.45) is 0. The Morgan fingerprint density at radius 2 is 2.13 bits per heavy atom. The molecule has 0 atom stereocenters. The first kappa shape index (κ1) is 14.6. The molecule has 0 saturated carbocycles. The molecule has 1 amide bonds. The number of methoxy groups -OCH3 is 1. The average molecular weight is 320 g/mol. The maximum absolute atomic E-state index is 12.2. The van der Waals surface area contributed by atoms with E-state index in [0.29, 0.717) is 30.4 Å². The van der Waals surface area contributed by atoms with Gasteiger partial charge in [0.1, 0.15) is 13.2 Å². The van der Waals surface area contributed by atoms with E-state index in [2.05, 4.69) is 15.5 Å². The molecule has 1 aliphatic heterocycles. The number of amides is 1. The minimum absolute atomic E-state index is 0.262. The van der Waals surface area contributed by atoms with Crippen molar-refractivity contribution < 1.29 is 23.9 Å². The highest BCUT2D eigenvalue weighted by molar-refractivity contribution is 6.06. The Morgan fingerprint density at radius 3 is 2.83 bits per heavy atom. The standard InChI is InChI=1S/C13H12N4O6/c1-21-13-11(17(19)20)10(15-16-13)12(18)14-7-2-3-8-9(6-7)23-5-4-22-8/h2-3,6H,4-5H2,1H3,(H,14,18)(H,15,16). The second-order valence-electron chi connectivity index (χ2n) is 4.53. The van der Waals surface area contributed by atoms with Crippen LogP contribution < -0.4 is 19.5 Å². The van der Waals surface area contributed by atoms with E-state index in [1.807, 2.05) is 0 Å². The zero-order valence-electron chi connectivity index (χ0n) is 12.0. The zero-order valence-corrected chi connectivity index (χ0v) is 12.0. The molecule has 2 N–H and O–H groups in total. The zero-order chi connectivity index (χ0) is 16.4. The van der Waals surface area contributed by atoms with Gasteiger partial charge in [-0.3, -0.25) is 20.0 Å². The van der Waals surface area contributed by atoms with Crippen LogP contribution in [0.5, 0.6) is 17.4 Å². The fraction of sp³-hybridized carbons (Fsp3) is 0.231. The van der Waals surface area contributed by atoms with Crippen molar-refractivity contribution in [3.05, 3.63) is 34.0 Å². The van der Waals surface area contributed by atoms with Crippen LogP contribution in [-0.4, -0.2) is 41.4 Å². The number of anilines is 1. The summed E-state index contributed by atoms with van der Waals surface area (Å²) in [5, 5.41) is 19.5. The summed E-state index contributed by atoms with van der Waals surface area (Å²) in [4.78, 5) is 22.5. The van der Waals surface area contributed by atoms with Gasteiger partial charge in [0.2, 0.25) is 5.69 Å². The molecule has 0 bridgehead atoms. The van der Waals surface area contributed by atoms with Gasteiger partial charge in [-0.05, 0) is 12.1 Å². The molecule has 2 heterocycles. The second-order valence-corrected chi connectivity index (χ2v) is 4.53. The molecule has 0 unspecified atom stereocenters. The Bertz CT molecular complexity index is 772. The number of aromatic nitrogens is 2. The van der Waals surface area contributed by atoms with E-state index in [1.165, 1.54) is 7.11 Å². The smallest absolute Gasteiger partial charge is 0.362 e. The molecule has 120 valence electrons. The van der Waals surface area contributed by atoms with Gasteiger partial charge >= 0.3 is 11.6 Å². The molecular weight excluding hydrogens is 308 g/mol. The van der Waals surface area contributed by atoms with Crippen molar-refractivity contribution in [2.45, 2.75) is 0 Å². The first-order valence-electron chi connectivity index (χ1n) is 6.58. The Hall–Kier alpha value is -3.30. The molecule has 0 fully saturated rings. The molecule has 0 radical (unpaired) electrons. The quantitative estimate of drug-likeness (QED) is 0.642. The normalized spacial score (nSPS) is 12.6. The molecule has 2 aromatic rings. The van der Waals surface area contributed by atoms with E-state index >= 15 is 0 Å². The minimum Gasteiger partial charge on any atom is -0.486 e. The van der Waals surface area contributed by atoms with Crippen LogP contribution in [0.3, 0.4) is 0 Å². The molecule has 0 spiro atoms. The number of hydrogen-bond acceptors (Lipinski definition) is 7. The molecule has 3 rings (SSSR count). The largest absolute Gasteiger partial charge is 0.486 e. The Balaban J connectivity index is 1.85. The van der Waals surface area contributed by atoms with Crippen LogP contribution in [-0.2, 0) is 0 Å². The number of nitrogens with one attached hydrogen (secondary N) is 2. The van der Waals surface area contributed by atoms with Gasteiger partial charge in [-0.25, -0.2) is 0 Å². The molecular formula is C13H12N4O6. The molecule has 23 heavy (non-hydrogen) atoms. The van der Waals surface area contributed by atoms with Crippen molar-refractivity contribution in [1.82, 2.24) is 10.2 Å². The number of rotatable bonds is 4. The molecule has 1 aliphatic rings. The second kappa shape index (κ2) is 5.83. The number of nitro groups is 1. The molecule has 0 aliphatic carbocycles. The van der Waals surface area contributed by atoms with Gasteiger partial charge in [0.15, 0.2) is 11.5 Å². The highest BCUT2D eigenvalue weighted by atomic mass is 16.6. The minimum atomic E-state index is -0.735. The number of fused-ring (bicyclic) bond motifs is 1. The number of hydrogen-bond donors (Lipinski definition) is 2. The van der Waals surface area contributed by atoms with Crippen LogP contribution in [0, 0.1) is 10.1 Å². The lowest BCUT2D eigenvalue weighted by molar-refractivity contribution is -0.386. The van der Waals surface area contributed by atoms with Crippen molar-refractivity contribution in [3.8, 4) is 17.4 Å². The third kappa shape index (κ3) is 2.73. The van der Waals surface area contributed by atoms with Crippen LogP contribution in [0.1, 0.15) is 10.5 Å². The summed E-state index contributed by atoms with van der Waals surface area (Å²) >= 11 is 0. The number of nitrogens with zero attached hydrogens (tertiary/aromatic N) is 2. The molecule has 10 heteroatoms. The summed E-state index contributed by atoms with van der Waals surface area (Å²) in [6.45, 7) is 0.868. The third-order valence-electron chi connectivity index (χ3n) is 3.11. The first-order valence-corrected chi connectivity index (χ1v) is 6.58. The number of benzene rings is 1. The van der Waals surface area contributed by atoms with Gasteiger partial charge in [0, 0.05) is 11.8 Å². The van der Waals surface area contributed by atoms with E-state index in [0.717, 1.165) is 0 Å². The maximum Gasteiger partial charge on any atom is 0.362 e. The van der Waals surface area contributed by atoms with E-state index in [1.54, 1.807) is 18.2 Å². The van der Waals surface area contributed by atoms with E-state index in [-0.39, 0.29) is 11.6 Å². The summed E-state index contributed by atoms with van der Waals surface area (Å²) < 4.78 is 15.5. The highest BCUT2D eigenvalue weighted by Gasteiger charge is 2.30. The lowest BCUT2D eigenvalue weighted by atomic mass is 10.2.